The van der Waals surface area contributed by atoms with E-state index in [1.807, 2.05) is 0 Å². The van der Waals surface area contributed by atoms with Crippen LogP contribution in [0.4, 0.5) is 4.79 Å². The molecule has 0 aromatic heterocycles. The number of aliphatic carboxylic acids is 1. The van der Waals surface area contributed by atoms with Gasteiger partial charge in [0.1, 0.15) is 6.04 Å². The molecule has 0 rings (SSSR count). The quantitative estimate of drug-likeness (QED) is 0.463. The van der Waals surface area contributed by atoms with Gasteiger partial charge < -0.3 is 25.5 Å². The van der Waals surface area contributed by atoms with Crippen molar-refractivity contribution in [3.63, 3.8) is 0 Å². The average molecular weight is 234 g/mol. The molecule has 0 fully saturated rings. The van der Waals surface area contributed by atoms with Gasteiger partial charge >= 0.3 is 12.0 Å². The number of hydrogen-bond acceptors (Lipinski definition) is 4. The second kappa shape index (κ2) is 7.02. The van der Waals surface area contributed by atoms with Crippen molar-refractivity contribution in [1.82, 2.24) is 10.2 Å². The zero-order valence-corrected chi connectivity index (χ0v) is 9.38. The van der Waals surface area contributed by atoms with E-state index in [9.17, 15) is 9.59 Å². The summed E-state index contributed by atoms with van der Waals surface area (Å²) in [5.41, 5.74) is 0. The predicted octanol–water partition coefficient (Wildman–Crippen LogP) is -1.16. The molecular formula is C9H18N2O5. The summed E-state index contributed by atoms with van der Waals surface area (Å²) in [6.45, 7) is 1.10. The number of amides is 2. The topological polar surface area (TPSA) is 110 Å². The lowest BCUT2D eigenvalue weighted by molar-refractivity contribution is -0.139. The van der Waals surface area contributed by atoms with Crippen LogP contribution in [-0.4, -0.2) is 64.6 Å². The van der Waals surface area contributed by atoms with Crippen LogP contribution >= 0.6 is 0 Å². The number of carbonyl (C=O) groups excluding carboxylic acids is 1. The number of aliphatic hydroxyl groups excluding tert-OH is 2. The van der Waals surface area contributed by atoms with Crippen molar-refractivity contribution in [1.29, 1.82) is 0 Å². The summed E-state index contributed by atoms with van der Waals surface area (Å²) in [4.78, 5) is 23.4. The van der Waals surface area contributed by atoms with Gasteiger partial charge in [-0.25, -0.2) is 9.59 Å². The molecule has 0 heterocycles. The van der Waals surface area contributed by atoms with Crippen LogP contribution in [0.3, 0.4) is 0 Å². The number of carbonyl (C=O) groups is 2. The zero-order valence-electron chi connectivity index (χ0n) is 9.38. The summed E-state index contributed by atoms with van der Waals surface area (Å²) < 4.78 is 0. The van der Waals surface area contributed by atoms with Gasteiger partial charge in [-0.1, -0.05) is 0 Å². The van der Waals surface area contributed by atoms with Crippen molar-refractivity contribution in [3.05, 3.63) is 0 Å². The van der Waals surface area contributed by atoms with Gasteiger partial charge in [-0.15, -0.1) is 0 Å². The predicted molar refractivity (Wildman–Crippen MR) is 56.0 cm³/mol. The lowest BCUT2D eigenvalue weighted by Crippen LogP contribution is -2.50. The highest BCUT2D eigenvalue weighted by atomic mass is 16.4. The number of nitrogens with zero attached hydrogens (tertiary/aromatic N) is 1. The normalized spacial score (nSPS) is 14.0. The third kappa shape index (κ3) is 4.45. The summed E-state index contributed by atoms with van der Waals surface area (Å²) in [6.07, 6.45) is -0.0532. The first-order valence-electron chi connectivity index (χ1n) is 4.91. The maximum Gasteiger partial charge on any atom is 0.326 e. The van der Waals surface area contributed by atoms with Crippen LogP contribution < -0.4 is 5.32 Å². The van der Waals surface area contributed by atoms with Crippen LogP contribution in [0.5, 0.6) is 0 Å². The Morgan fingerprint density at radius 1 is 1.38 bits per heavy atom. The molecule has 94 valence electrons. The molecule has 0 saturated heterocycles. The van der Waals surface area contributed by atoms with E-state index in [1.165, 1.54) is 11.9 Å². The van der Waals surface area contributed by atoms with Crippen molar-refractivity contribution in [2.45, 2.75) is 25.4 Å². The molecular weight excluding hydrogens is 216 g/mol. The molecule has 0 radical (unpaired) electrons. The molecule has 0 aliphatic heterocycles. The molecule has 2 amide bonds. The van der Waals surface area contributed by atoms with Gasteiger partial charge in [-0.05, 0) is 6.92 Å². The van der Waals surface area contributed by atoms with E-state index in [1.54, 1.807) is 6.92 Å². The molecule has 0 aliphatic rings. The fourth-order valence-electron chi connectivity index (χ4n) is 0.960. The number of carboxylic acid groups (broad SMARTS) is 1. The van der Waals surface area contributed by atoms with Crippen molar-refractivity contribution in [2.75, 3.05) is 20.3 Å². The Kier molecular flexibility index (Phi) is 6.43. The SMILES string of the molecule is CC(CO)N(C)C(=O)N[C@@H](CCO)C(=O)O. The highest BCUT2D eigenvalue weighted by Gasteiger charge is 2.22. The van der Waals surface area contributed by atoms with E-state index in [0.29, 0.717) is 0 Å². The monoisotopic (exact) mass is 234 g/mol. The number of urea groups is 1. The highest BCUT2D eigenvalue weighted by Crippen LogP contribution is 1.98. The van der Waals surface area contributed by atoms with Crippen molar-refractivity contribution in [3.8, 4) is 0 Å². The molecule has 0 aromatic carbocycles. The highest BCUT2D eigenvalue weighted by molar-refractivity contribution is 5.82. The van der Waals surface area contributed by atoms with Gasteiger partial charge in [0.15, 0.2) is 0 Å². The Hall–Kier alpha value is -1.34. The average Bonchev–Trinajstić information content (AvgIpc) is 2.25. The van der Waals surface area contributed by atoms with Crippen LogP contribution in [0.25, 0.3) is 0 Å². The fourth-order valence-corrected chi connectivity index (χ4v) is 0.960. The van der Waals surface area contributed by atoms with E-state index in [4.69, 9.17) is 15.3 Å². The minimum atomic E-state index is -1.20. The van der Waals surface area contributed by atoms with Crippen molar-refractivity contribution < 1.29 is 24.9 Å². The molecule has 1 unspecified atom stereocenters. The van der Waals surface area contributed by atoms with E-state index in [0.717, 1.165) is 0 Å². The molecule has 0 spiro atoms. The van der Waals surface area contributed by atoms with E-state index < -0.39 is 24.1 Å². The lowest BCUT2D eigenvalue weighted by atomic mass is 10.2. The Morgan fingerprint density at radius 2 is 1.94 bits per heavy atom. The summed E-state index contributed by atoms with van der Waals surface area (Å²) in [6, 6.07) is -2.11. The van der Waals surface area contributed by atoms with Crippen LogP contribution in [0, 0.1) is 0 Å². The van der Waals surface area contributed by atoms with Crippen molar-refractivity contribution in [2.24, 2.45) is 0 Å². The third-order valence-corrected chi connectivity index (χ3v) is 2.26. The lowest BCUT2D eigenvalue weighted by Gasteiger charge is -2.25. The molecule has 16 heavy (non-hydrogen) atoms. The summed E-state index contributed by atoms with van der Waals surface area (Å²) >= 11 is 0. The van der Waals surface area contributed by atoms with E-state index >= 15 is 0 Å². The Bertz CT molecular complexity index is 246. The fraction of sp³-hybridized carbons (Fsp3) is 0.778. The molecule has 2 atom stereocenters. The maximum absolute atomic E-state index is 11.5. The van der Waals surface area contributed by atoms with Gasteiger partial charge in [0, 0.05) is 20.1 Å². The Balaban J connectivity index is 4.34. The van der Waals surface area contributed by atoms with Gasteiger partial charge in [0.2, 0.25) is 0 Å². The van der Waals surface area contributed by atoms with Crippen LogP contribution in [0.2, 0.25) is 0 Å². The molecule has 7 heteroatoms. The third-order valence-electron chi connectivity index (χ3n) is 2.26. The zero-order chi connectivity index (χ0) is 12.7. The number of hydrogen-bond donors (Lipinski definition) is 4. The van der Waals surface area contributed by atoms with Crippen LogP contribution in [-0.2, 0) is 4.79 Å². The summed E-state index contributed by atoms with van der Waals surface area (Å²) in [5, 5.41) is 28.4. The number of nitrogens with one attached hydrogen (secondary N) is 1. The van der Waals surface area contributed by atoms with Gasteiger partial charge in [-0.3, -0.25) is 0 Å². The maximum atomic E-state index is 11.5. The second-order valence-electron chi connectivity index (χ2n) is 3.50. The van der Waals surface area contributed by atoms with Gasteiger partial charge in [0.25, 0.3) is 0 Å². The number of aliphatic hydroxyl groups is 2. The number of carboxylic acids is 1. The standard InChI is InChI=1S/C9H18N2O5/c1-6(5-13)11(2)9(16)10-7(3-4-12)8(14)15/h6-7,12-13H,3-5H2,1-2H3,(H,10,16)(H,14,15)/t6?,7-/m0/s1. The van der Waals surface area contributed by atoms with E-state index in [2.05, 4.69) is 5.32 Å². The Morgan fingerprint density at radius 3 is 2.31 bits per heavy atom. The first-order valence-corrected chi connectivity index (χ1v) is 4.91. The first-order chi connectivity index (χ1) is 7.43. The number of likely N-dealkylation sites (N-methyl/N-ethyl adjacent to an activating group) is 1. The van der Waals surface area contributed by atoms with Gasteiger partial charge in [-0.2, -0.15) is 0 Å². The summed E-state index contributed by atoms with van der Waals surface area (Å²) in [5.74, 6) is -1.20. The van der Waals surface area contributed by atoms with Gasteiger partial charge in [0.05, 0.1) is 12.6 Å². The molecule has 0 aromatic rings. The number of rotatable bonds is 6. The second-order valence-corrected chi connectivity index (χ2v) is 3.50. The summed E-state index contributed by atoms with van der Waals surface area (Å²) in [7, 11) is 1.45. The smallest absolute Gasteiger partial charge is 0.326 e. The molecule has 4 N–H and O–H groups in total. The first kappa shape index (κ1) is 14.7. The molecule has 0 saturated carbocycles. The van der Waals surface area contributed by atoms with Crippen LogP contribution in [0.1, 0.15) is 13.3 Å². The molecule has 0 bridgehead atoms. The molecule has 7 nitrogen and oxygen atoms in total. The minimum Gasteiger partial charge on any atom is -0.480 e. The van der Waals surface area contributed by atoms with Crippen molar-refractivity contribution >= 4 is 12.0 Å². The minimum absolute atomic E-state index is 0.0532. The van der Waals surface area contributed by atoms with Crippen LogP contribution in [0.15, 0.2) is 0 Å². The van der Waals surface area contributed by atoms with E-state index in [-0.39, 0.29) is 19.6 Å². The molecule has 0 aliphatic carbocycles. The largest absolute Gasteiger partial charge is 0.480 e. The Labute approximate surface area is 93.7 Å².